The molecule has 0 unspecified atom stereocenters. The van der Waals surface area contributed by atoms with Crippen molar-refractivity contribution in [3.8, 4) is 0 Å². The van der Waals surface area contributed by atoms with Gasteiger partial charge in [-0.15, -0.1) is 11.3 Å². The molecule has 0 saturated heterocycles. The molecule has 3 heterocycles. The summed E-state index contributed by atoms with van der Waals surface area (Å²) >= 11 is 1.61. The minimum Gasteiger partial charge on any atom is -0.382 e. The molecule has 0 bridgehead atoms. The molecule has 3 aromatic rings. The lowest BCUT2D eigenvalue weighted by atomic mass is 9.85. The number of carbonyl (C=O) groups excluding carboxylic acids is 1. The highest BCUT2D eigenvalue weighted by atomic mass is 32.1. The molecule has 8 nitrogen and oxygen atoms in total. The van der Waals surface area contributed by atoms with Crippen LogP contribution in [0.1, 0.15) is 55.1 Å². The van der Waals surface area contributed by atoms with E-state index in [1.54, 1.807) is 17.7 Å². The Bertz CT molecular complexity index is 1050. The van der Waals surface area contributed by atoms with E-state index < -0.39 is 6.08 Å². The minimum absolute atomic E-state index is 0.0432. The SMILES string of the molecule is Nc1nc(F)nc2c1ncn2C1CCC(C(=O)Nc2nc3c(s2)CCCC3)CC1. The summed E-state index contributed by atoms with van der Waals surface area (Å²) in [5.41, 5.74) is 7.73. The van der Waals surface area contributed by atoms with Crippen LogP contribution in [0.15, 0.2) is 6.33 Å². The monoisotopic (exact) mass is 415 g/mol. The van der Waals surface area contributed by atoms with E-state index in [0.29, 0.717) is 11.2 Å². The topological polar surface area (TPSA) is 112 Å². The lowest BCUT2D eigenvalue weighted by Crippen LogP contribution is -2.28. The number of carbonyl (C=O) groups is 1. The third-order valence-electron chi connectivity index (χ3n) is 5.96. The van der Waals surface area contributed by atoms with Crippen LogP contribution in [-0.2, 0) is 17.6 Å². The fourth-order valence-electron chi connectivity index (χ4n) is 4.41. The first-order chi connectivity index (χ1) is 14.1. The first-order valence-electron chi connectivity index (χ1n) is 10.0. The van der Waals surface area contributed by atoms with E-state index in [4.69, 9.17) is 5.73 Å². The number of thiazole rings is 1. The average molecular weight is 415 g/mol. The third kappa shape index (κ3) is 3.45. The van der Waals surface area contributed by atoms with Gasteiger partial charge in [0, 0.05) is 16.8 Å². The van der Waals surface area contributed by atoms with Crippen LogP contribution >= 0.6 is 11.3 Å². The Labute approximate surface area is 170 Å². The maximum absolute atomic E-state index is 13.6. The van der Waals surface area contributed by atoms with Crippen molar-refractivity contribution in [3.05, 3.63) is 23.0 Å². The molecule has 29 heavy (non-hydrogen) atoms. The summed E-state index contributed by atoms with van der Waals surface area (Å²) in [6.45, 7) is 0. The van der Waals surface area contributed by atoms with Gasteiger partial charge in [0.15, 0.2) is 16.6 Å². The number of rotatable bonds is 3. The number of imidazole rings is 1. The summed E-state index contributed by atoms with van der Waals surface area (Å²) < 4.78 is 15.4. The number of hydrogen-bond acceptors (Lipinski definition) is 7. The number of nitrogen functional groups attached to an aromatic ring is 1. The molecule has 0 atom stereocenters. The summed E-state index contributed by atoms with van der Waals surface area (Å²) in [5.74, 6) is 0.0477. The van der Waals surface area contributed by atoms with Crippen molar-refractivity contribution in [2.45, 2.75) is 57.4 Å². The average Bonchev–Trinajstić information content (AvgIpc) is 3.31. The van der Waals surface area contributed by atoms with E-state index in [0.717, 1.165) is 49.4 Å². The van der Waals surface area contributed by atoms with Gasteiger partial charge in [-0.25, -0.2) is 9.97 Å². The molecular formula is C19H22FN7OS. The van der Waals surface area contributed by atoms with E-state index in [1.165, 1.54) is 17.7 Å². The number of aromatic nitrogens is 5. The number of halogens is 1. The fourth-order valence-corrected chi connectivity index (χ4v) is 5.46. The van der Waals surface area contributed by atoms with Gasteiger partial charge in [0.1, 0.15) is 5.52 Å². The number of nitrogens with one attached hydrogen (secondary N) is 1. The molecule has 0 spiro atoms. The van der Waals surface area contributed by atoms with Crippen LogP contribution in [0.3, 0.4) is 0 Å². The van der Waals surface area contributed by atoms with Gasteiger partial charge in [-0.05, 0) is 51.4 Å². The highest BCUT2D eigenvalue weighted by Gasteiger charge is 2.29. The maximum atomic E-state index is 13.6. The lowest BCUT2D eigenvalue weighted by molar-refractivity contribution is -0.120. The number of anilines is 2. The number of nitrogens with two attached hydrogens (primary N) is 1. The molecule has 152 valence electrons. The summed E-state index contributed by atoms with van der Waals surface area (Å²) in [5, 5.41) is 3.75. The molecule has 10 heteroatoms. The Morgan fingerprint density at radius 3 is 2.76 bits per heavy atom. The smallest absolute Gasteiger partial charge is 0.312 e. The van der Waals surface area contributed by atoms with Crippen molar-refractivity contribution in [2.24, 2.45) is 5.92 Å². The van der Waals surface area contributed by atoms with Crippen LogP contribution in [0, 0.1) is 12.0 Å². The first-order valence-corrected chi connectivity index (χ1v) is 10.8. The summed E-state index contributed by atoms with van der Waals surface area (Å²) in [6, 6.07) is 0.116. The Balaban J connectivity index is 1.25. The minimum atomic E-state index is -0.851. The molecule has 5 rings (SSSR count). The van der Waals surface area contributed by atoms with Crippen molar-refractivity contribution < 1.29 is 9.18 Å². The quantitative estimate of drug-likeness (QED) is 0.635. The van der Waals surface area contributed by atoms with Crippen LogP contribution in [0.2, 0.25) is 0 Å². The number of hydrogen-bond donors (Lipinski definition) is 2. The van der Waals surface area contributed by atoms with Gasteiger partial charge in [-0.1, -0.05) is 0 Å². The molecule has 1 saturated carbocycles. The third-order valence-corrected chi connectivity index (χ3v) is 7.03. The van der Waals surface area contributed by atoms with Gasteiger partial charge >= 0.3 is 6.08 Å². The second kappa shape index (κ2) is 7.33. The summed E-state index contributed by atoms with van der Waals surface area (Å²) in [4.78, 5) is 30.3. The van der Waals surface area contributed by atoms with Crippen LogP contribution in [0.4, 0.5) is 15.3 Å². The number of nitrogens with zero attached hydrogens (tertiary/aromatic N) is 5. The number of aryl methyl sites for hydroxylation is 2. The molecule has 2 aliphatic rings. The van der Waals surface area contributed by atoms with Gasteiger partial charge in [0.25, 0.3) is 0 Å². The Kier molecular flexibility index (Phi) is 4.65. The number of amides is 1. The van der Waals surface area contributed by atoms with E-state index in [-0.39, 0.29) is 23.7 Å². The van der Waals surface area contributed by atoms with E-state index in [9.17, 15) is 9.18 Å². The second-order valence-corrected chi connectivity index (χ2v) is 8.88. The molecular weight excluding hydrogens is 393 g/mol. The van der Waals surface area contributed by atoms with Crippen molar-refractivity contribution in [1.82, 2.24) is 24.5 Å². The fraction of sp³-hybridized carbons (Fsp3) is 0.526. The molecule has 0 aromatic carbocycles. The van der Waals surface area contributed by atoms with Crippen molar-refractivity contribution in [2.75, 3.05) is 11.1 Å². The Morgan fingerprint density at radius 1 is 1.17 bits per heavy atom. The molecule has 2 aliphatic carbocycles. The van der Waals surface area contributed by atoms with Crippen LogP contribution in [0.5, 0.6) is 0 Å². The zero-order valence-electron chi connectivity index (χ0n) is 15.9. The Morgan fingerprint density at radius 2 is 1.97 bits per heavy atom. The predicted octanol–water partition coefficient (Wildman–Crippen LogP) is 3.25. The highest BCUT2D eigenvalue weighted by molar-refractivity contribution is 7.15. The van der Waals surface area contributed by atoms with Gasteiger partial charge in [-0.3, -0.25) is 4.79 Å². The van der Waals surface area contributed by atoms with Gasteiger partial charge in [0.05, 0.1) is 12.0 Å². The molecule has 3 N–H and O–H groups in total. The molecule has 0 radical (unpaired) electrons. The van der Waals surface area contributed by atoms with Gasteiger partial charge < -0.3 is 15.6 Å². The predicted molar refractivity (Wildman–Crippen MR) is 108 cm³/mol. The van der Waals surface area contributed by atoms with Crippen molar-refractivity contribution >= 4 is 39.4 Å². The normalized spacial score (nSPS) is 21.8. The van der Waals surface area contributed by atoms with Gasteiger partial charge in [0.2, 0.25) is 5.91 Å². The second-order valence-electron chi connectivity index (χ2n) is 7.79. The van der Waals surface area contributed by atoms with Crippen molar-refractivity contribution in [1.29, 1.82) is 0 Å². The Hall–Kier alpha value is -2.62. The molecule has 3 aromatic heterocycles. The zero-order chi connectivity index (χ0) is 20.0. The van der Waals surface area contributed by atoms with Crippen LogP contribution in [-0.4, -0.2) is 30.4 Å². The lowest BCUT2D eigenvalue weighted by Gasteiger charge is -2.28. The van der Waals surface area contributed by atoms with Crippen LogP contribution < -0.4 is 11.1 Å². The summed E-state index contributed by atoms with van der Waals surface area (Å²) in [6.07, 6.45) is 8.35. The van der Waals surface area contributed by atoms with Crippen LogP contribution in [0.25, 0.3) is 11.2 Å². The first kappa shape index (κ1) is 18.4. The number of fused-ring (bicyclic) bond motifs is 2. The summed E-state index contributed by atoms with van der Waals surface area (Å²) in [7, 11) is 0. The van der Waals surface area contributed by atoms with Crippen molar-refractivity contribution in [3.63, 3.8) is 0 Å². The standard InChI is InChI=1S/C19H22FN7OS/c20-18-24-15(21)14-16(25-18)27(9-22-14)11-7-5-10(6-8-11)17(28)26-19-23-12-3-1-2-4-13(12)29-19/h9-11H,1-8H2,(H2,21,24,25)(H,23,26,28). The largest absolute Gasteiger partial charge is 0.382 e. The molecule has 0 aliphatic heterocycles. The zero-order valence-corrected chi connectivity index (χ0v) is 16.7. The maximum Gasteiger partial charge on any atom is 0.312 e. The highest BCUT2D eigenvalue weighted by Crippen LogP contribution is 2.35. The molecule has 1 fully saturated rings. The van der Waals surface area contributed by atoms with E-state index in [2.05, 4.69) is 25.3 Å². The van der Waals surface area contributed by atoms with E-state index >= 15 is 0 Å². The molecule has 1 amide bonds. The van der Waals surface area contributed by atoms with E-state index in [1.807, 2.05) is 4.57 Å². The van der Waals surface area contributed by atoms with Gasteiger partial charge in [-0.2, -0.15) is 14.4 Å².